The van der Waals surface area contributed by atoms with Crippen molar-refractivity contribution in [1.29, 1.82) is 5.41 Å². The number of benzene rings is 2. The van der Waals surface area contributed by atoms with Crippen LogP contribution < -0.4 is 10.2 Å². The summed E-state index contributed by atoms with van der Waals surface area (Å²) in [7, 11) is 0. The second-order valence-electron chi connectivity index (χ2n) is 6.48. The van der Waals surface area contributed by atoms with Crippen molar-refractivity contribution in [3.05, 3.63) is 83.5 Å². The van der Waals surface area contributed by atoms with Gasteiger partial charge in [0.2, 0.25) is 5.88 Å². The molecule has 1 atom stereocenters. The highest BCUT2D eigenvalue weighted by atomic mass is 16.5. The number of nitrogens with one attached hydrogen (secondary N) is 1. The Morgan fingerprint density at radius 1 is 1.11 bits per heavy atom. The van der Waals surface area contributed by atoms with Crippen LogP contribution in [-0.4, -0.2) is 21.3 Å². The van der Waals surface area contributed by atoms with E-state index in [1.165, 1.54) is 6.33 Å². The quantitative estimate of drug-likeness (QED) is 0.517. The van der Waals surface area contributed by atoms with Gasteiger partial charge in [-0.25, -0.2) is 4.98 Å². The molecule has 0 radical (unpaired) electrons. The summed E-state index contributed by atoms with van der Waals surface area (Å²) in [4.78, 5) is 4.43. The molecular weight excluding hydrogens is 342 g/mol. The van der Waals surface area contributed by atoms with Crippen LogP contribution in [-0.2, 0) is 6.54 Å². The molecule has 0 unspecified atom stereocenters. The molecule has 5 rings (SSSR count). The average Bonchev–Trinajstić information content (AvgIpc) is 3.23. The smallest absolute Gasteiger partial charge is 0.228 e. The predicted molar refractivity (Wildman–Crippen MR) is 98.8 cm³/mol. The predicted octanol–water partition coefficient (Wildman–Crippen LogP) is 3.39. The van der Waals surface area contributed by atoms with Crippen molar-refractivity contribution >= 4 is 10.8 Å². The highest BCUT2D eigenvalue weighted by Crippen LogP contribution is 2.47. The lowest BCUT2D eigenvalue weighted by Gasteiger charge is -2.28. The maximum absolute atomic E-state index is 9.29. The van der Waals surface area contributed by atoms with Gasteiger partial charge >= 0.3 is 0 Å². The molecule has 1 aliphatic heterocycles. The third kappa shape index (κ3) is 2.38. The molecule has 0 fully saturated rings. The number of aliphatic hydroxyl groups excluding tert-OH is 1. The number of hydrogen-bond acceptors (Lipinski definition) is 5. The van der Waals surface area contributed by atoms with Crippen LogP contribution in [0.1, 0.15) is 22.8 Å². The Hall–Kier alpha value is -3.38. The van der Waals surface area contributed by atoms with Gasteiger partial charge in [0.05, 0.1) is 24.4 Å². The Morgan fingerprint density at radius 3 is 2.81 bits per heavy atom. The van der Waals surface area contributed by atoms with Gasteiger partial charge in [-0.2, -0.15) is 0 Å². The van der Waals surface area contributed by atoms with Gasteiger partial charge in [-0.3, -0.25) is 5.41 Å². The van der Waals surface area contributed by atoms with Crippen LogP contribution in [0, 0.1) is 5.41 Å². The Kier molecular flexibility index (Phi) is 3.58. The highest BCUT2D eigenvalue weighted by molar-refractivity contribution is 5.91. The number of aromatic nitrogens is 2. The van der Waals surface area contributed by atoms with Crippen molar-refractivity contribution in [3.8, 4) is 11.6 Å². The minimum Gasteiger partial charge on any atom is -0.468 e. The van der Waals surface area contributed by atoms with Gasteiger partial charge in [0, 0.05) is 17.5 Å². The van der Waals surface area contributed by atoms with Gasteiger partial charge in [0.25, 0.3) is 0 Å². The second-order valence-corrected chi connectivity index (χ2v) is 6.48. The summed E-state index contributed by atoms with van der Waals surface area (Å²) >= 11 is 0. The van der Waals surface area contributed by atoms with Gasteiger partial charge in [-0.05, 0) is 17.5 Å². The molecule has 0 saturated carbocycles. The molecule has 4 aromatic rings. The first-order valence-electron chi connectivity index (χ1n) is 8.75. The average molecular weight is 359 g/mol. The molecule has 0 bridgehead atoms. The van der Waals surface area contributed by atoms with Crippen molar-refractivity contribution in [2.45, 2.75) is 12.5 Å². The maximum atomic E-state index is 9.29. The summed E-state index contributed by atoms with van der Waals surface area (Å²) < 4.78 is 13.5. The molecule has 0 amide bonds. The first-order valence-corrected chi connectivity index (χ1v) is 8.75. The number of rotatable bonds is 3. The van der Waals surface area contributed by atoms with E-state index in [9.17, 15) is 5.11 Å². The summed E-state index contributed by atoms with van der Waals surface area (Å²) in [5.74, 6) is 1.58. The van der Waals surface area contributed by atoms with Gasteiger partial charge in [-0.1, -0.05) is 36.4 Å². The molecule has 134 valence electrons. The second kappa shape index (κ2) is 6.10. The van der Waals surface area contributed by atoms with E-state index in [1.54, 1.807) is 10.8 Å². The van der Waals surface area contributed by atoms with E-state index < -0.39 is 0 Å². The Bertz CT molecular complexity index is 1200. The van der Waals surface area contributed by atoms with Crippen LogP contribution in [0.5, 0.6) is 11.6 Å². The zero-order chi connectivity index (χ0) is 18.4. The Morgan fingerprint density at radius 2 is 2.00 bits per heavy atom. The molecule has 2 aromatic carbocycles. The molecule has 0 aliphatic carbocycles. The molecule has 3 heterocycles. The number of ether oxygens (including phenoxy) is 1. The third-order valence-corrected chi connectivity index (χ3v) is 4.96. The summed E-state index contributed by atoms with van der Waals surface area (Å²) in [6.45, 7) is 0.235. The van der Waals surface area contributed by atoms with Gasteiger partial charge in [0.1, 0.15) is 23.3 Å². The topological polar surface area (TPSA) is 84.3 Å². The van der Waals surface area contributed by atoms with Crippen molar-refractivity contribution < 1.29 is 14.3 Å². The lowest BCUT2D eigenvalue weighted by atomic mass is 9.86. The summed E-state index contributed by atoms with van der Waals surface area (Å²) in [6, 6.07) is 15.9. The fraction of sp³-hybridized carbons (Fsp3) is 0.143. The standard InChI is InChI=1S/C21H17N3O3/c22-20-18-17(16-6-3-11-26-16)15-8-7-13-4-1-2-5-14(13)19(15)27-21(18)23-12-24(20)9-10-25/h1-8,11-12,17,22,25H,9-10H2/t17-/m0/s1. The van der Waals surface area contributed by atoms with Gasteiger partial charge < -0.3 is 18.8 Å². The highest BCUT2D eigenvalue weighted by Gasteiger charge is 2.34. The van der Waals surface area contributed by atoms with Crippen molar-refractivity contribution in [1.82, 2.24) is 9.55 Å². The molecular formula is C21H17N3O3. The Balaban J connectivity index is 1.82. The lowest BCUT2D eigenvalue weighted by molar-refractivity contribution is 0.271. The van der Waals surface area contributed by atoms with E-state index in [-0.39, 0.29) is 18.0 Å². The van der Waals surface area contributed by atoms with E-state index in [4.69, 9.17) is 14.6 Å². The third-order valence-electron chi connectivity index (χ3n) is 4.96. The summed E-state index contributed by atoms with van der Waals surface area (Å²) in [5, 5.41) is 20.0. The van der Waals surface area contributed by atoms with Crippen molar-refractivity contribution in [3.63, 3.8) is 0 Å². The molecule has 6 nitrogen and oxygen atoms in total. The number of furan rings is 1. The van der Waals surface area contributed by atoms with Crippen LogP contribution in [0.15, 0.2) is 65.5 Å². The van der Waals surface area contributed by atoms with Crippen LogP contribution >= 0.6 is 0 Å². The van der Waals surface area contributed by atoms with E-state index in [0.717, 1.165) is 27.8 Å². The fourth-order valence-electron chi connectivity index (χ4n) is 3.73. The lowest BCUT2D eigenvalue weighted by Crippen LogP contribution is -2.30. The molecule has 0 saturated heterocycles. The number of aliphatic hydroxyl groups is 1. The zero-order valence-electron chi connectivity index (χ0n) is 14.4. The summed E-state index contributed by atoms with van der Waals surface area (Å²) in [6.07, 6.45) is 3.17. The van der Waals surface area contributed by atoms with E-state index >= 15 is 0 Å². The van der Waals surface area contributed by atoms with Crippen LogP contribution in [0.3, 0.4) is 0 Å². The van der Waals surface area contributed by atoms with Gasteiger partial charge in [-0.15, -0.1) is 0 Å². The molecule has 2 N–H and O–H groups in total. The summed E-state index contributed by atoms with van der Waals surface area (Å²) in [5.41, 5.74) is 1.84. The fourth-order valence-corrected chi connectivity index (χ4v) is 3.73. The van der Waals surface area contributed by atoms with Crippen molar-refractivity contribution in [2.75, 3.05) is 6.61 Å². The molecule has 1 aliphatic rings. The minimum atomic E-state index is -0.297. The van der Waals surface area contributed by atoms with E-state index in [1.807, 2.05) is 42.5 Å². The normalized spacial score (nSPS) is 15.2. The van der Waals surface area contributed by atoms with E-state index in [0.29, 0.717) is 18.0 Å². The van der Waals surface area contributed by atoms with Crippen LogP contribution in [0.2, 0.25) is 0 Å². The van der Waals surface area contributed by atoms with Gasteiger partial charge in [0.15, 0.2) is 0 Å². The number of hydrogen-bond donors (Lipinski definition) is 2. The molecule has 27 heavy (non-hydrogen) atoms. The molecule has 0 spiro atoms. The van der Waals surface area contributed by atoms with E-state index in [2.05, 4.69) is 11.1 Å². The first-order chi connectivity index (χ1) is 13.3. The number of fused-ring (bicyclic) bond motifs is 4. The SMILES string of the molecule is N=c1c2c(ncn1CCO)Oc1c(ccc3ccccc13)[C@H]2c1ccco1. The molecule has 2 aromatic heterocycles. The monoisotopic (exact) mass is 359 g/mol. The number of nitrogens with zero attached hydrogens (tertiary/aromatic N) is 2. The Labute approximate surface area is 154 Å². The largest absolute Gasteiger partial charge is 0.468 e. The van der Waals surface area contributed by atoms with Crippen molar-refractivity contribution in [2.24, 2.45) is 0 Å². The van der Waals surface area contributed by atoms with Crippen LogP contribution in [0.4, 0.5) is 0 Å². The first kappa shape index (κ1) is 15.8. The maximum Gasteiger partial charge on any atom is 0.228 e. The molecule has 6 heteroatoms. The van der Waals surface area contributed by atoms with Crippen LogP contribution in [0.25, 0.3) is 10.8 Å². The zero-order valence-corrected chi connectivity index (χ0v) is 14.4. The minimum absolute atomic E-state index is 0.0650.